The molecule has 5 heterocycles. The minimum Gasteiger partial charge on any atom is -0.383 e. The monoisotopic (exact) mass is 588 g/mol. The first-order valence-electron chi connectivity index (χ1n) is 14.1. The van der Waals surface area contributed by atoms with Gasteiger partial charge in [0.05, 0.1) is 11.3 Å². The Morgan fingerprint density at radius 1 is 0.860 bits per heavy atom. The number of aromatic nitrogens is 7. The maximum atomic E-state index is 6.32. The third kappa shape index (κ3) is 5.38. The van der Waals surface area contributed by atoms with Crippen molar-refractivity contribution in [3.05, 3.63) is 102 Å². The number of rotatable bonds is 6. The molecule has 0 aliphatic carbocycles. The van der Waals surface area contributed by atoms with Crippen LogP contribution in [0.1, 0.15) is 12.5 Å². The van der Waals surface area contributed by atoms with Crippen LogP contribution in [0.4, 0.5) is 11.8 Å². The number of halogens is 1. The standard InChI is InChI=1S/C32H29ClN10/c1-21-18-41(16-17-42(21)32-37-20-36-31(33)40-32)19-22-9-11-24(12-10-22)43-29(25-8-5-15-35-28(25)34)39-27-14-13-26(38-30(27)43)23-6-3-2-4-7-23/h2-15,20-21H,16-19H2,1H3,(H2,34,35). The summed E-state index contributed by atoms with van der Waals surface area (Å²) < 4.78 is 2.07. The Balaban J connectivity index is 1.19. The van der Waals surface area contributed by atoms with Crippen LogP contribution < -0.4 is 10.6 Å². The van der Waals surface area contributed by atoms with Crippen molar-refractivity contribution in [2.45, 2.75) is 19.5 Å². The molecule has 0 bridgehead atoms. The van der Waals surface area contributed by atoms with Gasteiger partial charge in [-0.1, -0.05) is 42.5 Å². The molecule has 0 spiro atoms. The van der Waals surface area contributed by atoms with E-state index in [1.54, 1.807) is 6.20 Å². The van der Waals surface area contributed by atoms with Crippen molar-refractivity contribution in [1.82, 2.24) is 39.4 Å². The van der Waals surface area contributed by atoms with Gasteiger partial charge in [0.2, 0.25) is 11.2 Å². The molecule has 214 valence electrons. The summed E-state index contributed by atoms with van der Waals surface area (Å²) in [6.07, 6.45) is 3.15. The van der Waals surface area contributed by atoms with Gasteiger partial charge in [0.25, 0.3) is 0 Å². The predicted octanol–water partition coefficient (Wildman–Crippen LogP) is 5.28. The topological polar surface area (TPSA) is 115 Å². The van der Waals surface area contributed by atoms with Gasteiger partial charge in [-0.15, -0.1) is 0 Å². The first-order valence-corrected chi connectivity index (χ1v) is 14.5. The summed E-state index contributed by atoms with van der Waals surface area (Å²) >= 11 is 6.00. The zero-order chi connectivity index (χ0) is 29.3. The number of nitrogens with two attached hydrogens (primary N) is 1. The Bertz CT molecular complexity index is 1890. The van der Waals surface area contributed by atoms with Gasteiger partial charge in [-0.3, -0.25) is 9.47 Å². The van der Waals surface area contributed by atoms with Crippen molar-refractivity contribution in [2.24, 2.45) is 0 Å². The molecule has 2 N–H and O–H groups in total. The van der Waals surface area contributed by atoms with Crippen molar-refractivity contribution in [3.63, 3.8) is 0 Å². The molecule has 1 saturated heterocycles. The molecule has 4 aromatic heterocycles. The van der Waals surface area contributed by atoms with E-state index in [2.05, 4.69) is 77.6 Å². The molecule has 0 saturated carbocycles. The number of benzene rings is 2. The Morgan fingerprint density at radius 3 is 2.47 bits per heavy atom. The minimum atomic E-state index is 0.214. The maximum absolute atomic E-state index is 6.32. The molecule has 1 atom stereocenters. The lowest BCUT2D eigenvalue weighted by Gasteiger charge is -2.39. The molecule has 11 heteroatoms. The van der Waals surface area contributed by atoms with Gasteiger partial charge in [-0.05, 0) is 60.5 Å². The van der Waals surface area contributed by atoms with E-state index in [1.807, 2.05) is 42.5 Å². The largest absolute Gasteiger partial charge is 0.383 e. The maximum Gasteiger partial charge on any atom is 0.229 e. The van der Waals surface area contributed by atoms with Crippen molar-refractivity contribution < 1.29 is 0 Å². The fourth-order valence-corrected chi connectivity index (χ4v) is 5.77. The van der Waals surface area contributed by atoms with Gasteiger partial charge in [0.15, 0.2) is 11.5 Å². The second kappa shape index (κ2) is 11.4. The number of imidazole rings is 1. The quantitative estimate of drug-likeness (QED) is 0.277. The molecule has 0 radical (unpaired) electrons. The van der Waals surface area contributed by atoms with Gasteiger partial charge in [0.1, 0.15) is 17.7 Å². The highest BCUT2D eigenvalue weighted by atomic mass is 35.5. The van der Waals surface area contributed by atoms with Crippen molar-refractivity contribution >= 4 is 34.5 Å². The van der Waals surface area contributed by atoms with E-state index in [4.69, 9.17) is 27.3 Å². The lowest BCUT2D eigenvalue weighted by molar-refractivity contribution is 0.219. The molecular formula is C32H29ClN10. The Hall–Kier alpha value is -4.93. The lowest BCUT2D eigenvalue weighted by atomic mass is 10.1. The highest BCUT2D eigenvalue weighted by molar-refractivity contribution is 6.28. The molecule has 10 nitrogen and oxygen atoms in total. The van der Waals surface area contributed by atoms with Crippen LogP contribution in [0.3, 0.4) is 0 Å². The summed E-state index contributed by atoms with van der Waals surface area (Å²) in [4.78, 5) is 31.5. The number of hydrogen-bond acceptors (Lipinski definition) is 9. The highest BCUT2D eigenvalue weighted by Gasteiger charge is 2.26. The third-order valence-electron chi connectivity index (χ3n) is 7.75. The van der Waals surface area contributed by atoms with E-state index in [0.29, 0.717) is 17.6 Å². The highest BCUT2D eigenvalue weighted by Crippen LogP contribution is 2.32. The molecule has 6 aromatic rings. The summed E-state index contributed by atoms with van der Waals surface area (Å²) in [6, 6.07) is 26.8. The van der Waals surface area contributed by atoms with Gasteiger partial charge in [-0.2, -0.15) is 4.98 Å². The van der Waals surface area contributed by atoms with Crippen LogP contribution >= 0.6 is 11.6 Å². The summed E-state index contributed by atoms with van der Waals surface area (Å²) in [5.74, 6) is 1.75. The number of nitrogens with zero attached hydrogens (tertiary/aromatic N) is 9. The average Bonchev–Trinajstić information content (AvgIpc) is 3.41. The van der Waals surface area contributed by atoms with E-state index in [1.165, 1.54) is 11.9 Å². The van der Waals surface area contributed by atoms with Crippen molar-refractivity contribution in [2.75, 3.05) is 30.3 Å². The smallest absolute Gasteiger partial charge is 0.229 e. The summed E-state index contributed by atoms with van der Waals surface area (Å²) in [5.41, 5.74) is 12.7. The second-order valence-electron chi connectivity index (χ2n) is 10.6. The fourth-order valence-electron chi connectivity index (χ4n) is 5.65. The first kappa shape index (κ1) is 26.9. The molecule has 43 heavy (non-hydrogen) atoms. The summed E-state index contributed by atoms with van der Waals surface area (Å²) in [5, 5.41) is 0.214. The number of hydrogen-bond donors (Lipinski definition) is 1. The molecular weight excluding hydrogens is 560 g/mol. The first-order chi connectivity index (χ1) is 21.0. The van der Waals surface area contributed by atoms with Crippen LogP contribution in [0.15, 0.2) is 91.4 Å². The third-order valence-corrected chi connectivity index (χ3v) is 7.93. The van der Waals surface area contributed by atoms with Gasteiger partial charge in [-0.25, -0.2) is 24.9 Å². The Labute approximate surface area is 253 Å². The normalized spacial score (nSPS) is 15.7. The van der Waals surface area contributed by atoms with Gasteiger partial charge < -0.3 is 10.6 Å². The van der Waals surface area contributed by atoms with Crippen LogP contribution in [0, 0.1) is 0 Å². The SMILES string of the molecule is CC1CN(Cc2ccc(-n3c(-c4cccnc4N)nc4ccc(-c5ccccc5)nc43)cc2)CCN1c1ncnc(Cl)n1. The number of nitrogen functional groups attached to an aromatic ring is 1. The summed E-state index contributed by atoms with van der Waals surface area (Å²) in [6.45, 7) is 5.59. The summed E-state index contributed by atoms with van der Waals surface area (Å²) in [7, 11) is 0. The number of anilines is 2. The van der Waals surface area contributed by atoms with Crippen molar-refractivity contribution in [3.8, 4) is 28.3 Å². The second-order valence-corrected chi connectivity index (χ2v) is 10.9. The lowest BCUT2D eigenvalue weighted by Crippen LogP contribution is -2.52. The van der Waals surface area contributed by atoms with Gasteiger partial charge in [0, 0.05) is 49.7 Å². The van der Waals surface area contributed by atoms with Crippen LogP contribution in [0.2, 0.25) is 5.28 Å². The molecule has 0 amide bonds. The predicted molar refractivity (Wildman–Crippen MR) is 169 cm³/mol. The van der Waals surface area contributed by atoms with Gasteiger partial charge >= 0.3 is 0 Å². The average molecular weight is 589 g/mol. The van der Waals surface area contributed by atoms with E-state index in [9.17, 15) is 0 Å². The Morgan fingerprint density at radius 2 is 1.70 bits per heavy atom. The zero-order valence-corrected chi connectivity index (χ0v) is 24.3. The molecule has 1 unspecified atom stereocenters. The molecule has 2 aromatic carbocycles. The van der Waals surface area contributed by atoms with E-state index in [-0.39, 0.29) is 11.3 Å². The van der Waals surface area contributed by atoms with Crippen LogP contribution in [-0.2, 0) is 6.54 Å². The van der Waals surface area contributed by atoms with E-state index < -0.39 is 0 Å². The van der Waals surface area contributed by atoms with Crippen molar-refractivity contribution in [1.29, 1.82) is 0 Å². The molecule has 1 fully saturated rings. The van der Waals surface area contributed by atoms with E-state index >= 15 is 0 Å². The fraction of sp³-hybridized carbons (Fsp3) is 0.188. The van der Waals surface area contributed by atoms with Crippen LogP contribution in [0.5, 0.6) is 0 Å². The van der Waals surface area contributed by atoms with Crippen LogP contribution in [0.25, 0.3) is 39.5 Å². The molecule has 7 rings (SSSR count). The zero-order valence-electron chi connectivity index (χ0n) is 23.5. The van der Waals surface area contributed by atoms with Crippen LogP contribution in [-0.4, -0.2) is 65.0 Å². The number of piperazine rings is 1. The van der Waals surface area contributed by atoms with E-state index in [0.717, 1.165) is 59.9 Å². The molecule has 1 aliphatic heterocycles. The number of pyridine rings is 2. The minimum absolute atomic E-state index is 0.214. The Kier molecular flexibility index (Phi) is 7.14. The molecule has 1 aliphatic rings. The number of fused-ring (bicyclic) bond motifs is 1.